The number of hydrogen-bond acceptors (Lipinski definition) is 6. The zero-order valence-corrected chi connectivity index (χ0v) is 15.5. The molecule has 27 heavy (non-hydrogen) atoms. The van der Waals surface area contributed by atoms with Crippen molar-refractivity contribution in [2.75, 3.05) is 20.8 Å². The van der Waals surface area contributed by atoms with Gasteiger partial charge >= 0.3 is 0 Å². The number of methoxy groups -OCH3 is 2. The van der Waals surface area contributed by atoms with Gasteiger partial charge in [0, 0.05) is 43.5 Å². The van der Waals surface area contributed by atoms with Gasteiger partial charge < -0.3 is 19.4 Å². The molecule has 1 amide bonds. The molecule has 140 valence electrons. The molecule has 0 bridgehead atoms. The van der Waals surface area contributed by atoms with E-state index in [0.29, 0.717) is 36.1 Å². The van der Waals surface area contributed by atoms with E-state index in [-0.39, 0.29) is 5.91 Å². The van der Waals surface area contributed by atoms with Gasteiger partial charge in [0.1, 0.15) is 5.82 Å². The molecular formula is C19H21N5O3. The summed E-state index contributed by atoms with van der Waals surface area (Å²) in [5.74, 6) is 2.07. The minimum atomic E-state index is -0.139. The minimum Gasteiger partial charge on any atom is -0.481 e. The van der Waals surface area contributed by atoms with E-state index in [1.807, 2.05) is 17.8 Å². The molecule has 0 atom stereocenters. The van der Waals surface area contributed by atoms with Crippen LogP contribution in [0.1, 0.15) is 16.2 Å². The lowest BCUT2D eigenvalue weighted by atomic mass is 10.1. The van der Waals surface area contributed by atoms with E-state index < -0.39 is 0 Å². The van der Waals surface area contributed by atoms with Crippen LogP contribution in [0.4, 0.5) is 0 Å². The maximum atomic E-state index is 12.3. The third kappa shape index (κ3) is 4.41. The summed E-state index contributed by atoms with van der Waals surface area (Å²) in [5, 5.41) is 2.90. The highest BCUT2D eigenvalue weighted by Crippen LogP contribution is 2.22. The van der Waals surface area contributed by atoms with E-state index >= 15 is 0 Å². The fraction of sp³-hybridized carbons (Fsp3) is 0.263. The number of rotatable bonds is 7. The quantitative estimate of drug-likeness (QED) is 0.685. The highest BCUT2D eigenvalue weighted by Gasteiger charge is 2.10. The van der Waals surface area contributed by atoms with Crippen LogP contribution < -0.4 is 14.8 Å². The first-order valence-corrected chi connectivity index (χ1v) is 8.42. The Morgan fingerprint density at radius 2 is 1.78 bits per heavy atom. The molecule has 8 nitrogen and oxygen atoms in total. The molecule has 0 spiro atoms. The lowest BCUT2D eigenvalue weighted by molar-refractivity contribution is 0.0954. The Hall–Kier alpha value is -3.42. The average molecular weight is 367 g/mol. The van der Waals surface area contributed by atoms with Crippen molar-refractivity contribution in [1.82, 2.24) is 24.8 Å². The zero-order chi connectivity index (χ0) is 19.2. The summed E-state index contributed by atoms with van der Waals surface area (Å²) in [4.78, 5) is 25.1. The van der Waals surface area contributed by atoms with Crippen molar-refractivity contribution in [2.24, 2.45) is 7.05 Å². The lowest BCUT2D eigenvalue weighted by Crippen LogP contribution is -2.26. The Labute approximate surface area is 157 Å². The molecular weight excluding hydrogens is 346 g/mol. The lowest BCUT2D eigenvalue weighted by Gasteiger charge is -2.08. The third-order valence-corrected chi connectivity index (χ3v) is 4.06. The number of hydrogen-bond donors (Lipinski definition) is 1. The summed E-state index contributed by atoms with van der Waals surface area (Å²) in [5.41, 5.74) is 1.32. The van der Waals surface area contributed by atoms with Gasteiger partial charge in [0.2, 0.25) is 11.8 Å². The van der Waals surface area contributed by atoms with Gasteiger partial charge in [0.05, 0.1) is 20.3 Å². The Kier molecular flexibility index (Phi) is 5.65. The zero-order valence-electron chi connectivity index (χ0n) is 15.5. The Morgan fingerprint density at radius 3 is 2.33 bits per heavy atom. The minimum absolute atomic E-state index is 0.139. The largest absolute Gasteiger partial charge is 0.481 e. The average Bonchev–Trinajstić information content (AvgIpc) is 3.12. The van der Waals surface area contributed by atoms with Crippen LogP contribution in [0.25, 0.3) is 11.4 Å². The van der Waals surface area contributed by atoms with Gasteiger partial charge in [-0.3, -0.25) is 4.79 Å². The van der Waals surface area contributed by atoms with Gasteiger partial charge in [-0.15, -0.1) is 0 Å². The van der Waals surface area contributed by atoms with Crippen molar-refractivity contribution in [3.63, 3.8) is 0 Å². The number of imidazole rings is 1. The molecule has 0 fully saturated rings. The number of amides is 1. The maximum absolute atomic E-state index is 12.3. The molecule has 0 saturated heterocycles. The molecule has 3 rings (SSSR count). The SMILES string of the molecule is COc1cc(OC)nc(-c2ccc(C(=O)NCCc3nccn3C)cc2)n1. The summed E-state index contributed by atoms with van der Waals surface area (Å²) in [7, 11) is 4.99. The molecule has 0 unspecified atom stereocenters. The Bertz CT molecular complexity index is 899. The van der Waals surface area contributed by atoms with Crippen LogP contribution in [-0.2, 0) is 13.5 Å². The molecule has 3 aromatic rings. The molecule has 0 aliphatic carbocycles. The van der Waals surface area contributed by atoms with E-state index in [0.717, 1.165) is 11.4 Å². The highest BCUT2D eigenvalue weighted by molar-refractivity contribution is 5.94. The second-order valence-corrected chi connectivity index (χ2v) is 5.81. The van der Waals surface area contributed by atoms with Gasteiger partial charge in [0.25, 0.3) is 5.91 Å². The number of nitrogens with zero attached hydrogens (tertiary/aromatic N) is 4. The monoisotopic (exact) mass is 367 g/mol. The predicted molar refractivity (Wildman–Crippen MR) is 99.8 cm³/mol. The van der Waals surface area contributed by atoms with E-state index in [1.54, 1.807) is 36.5 Å². The summed E-state index contributed by atoms with van der Waals surface area (Å²) < 4.78 is 12.3. The number of aryl methyl sites for hydroxylation is 1. The summed E-state index contributed by atoms with van der Waals surface area (Å²) in [6.07, 6.45) is 4.29. The first-order chi connectivity index (χ1) is 13.1. The smallest absolute Gasteiger partial charge is 0.251 e. The van der Waals surface area contributed by atoms with E-state index in [4.69, 9.17) is 9.47 Å². The molecule has 2 heterocycles. The molecule has 2 aromatic heterocycles. The molecule has 0 aliphatic heterocycles. The molecule has 8 heteroatoms. The number of nitrogens with one attached hydrogen (secondary N) is 1. The second-order valence-electron chi connectivity index (χ2n) is 5.81. The molecule has 0 aliphatic rings. The summed E-state index contributed by atoms with van der Waals surface area (Å²) in [6, 6.07) is 8.66. The third-order valence-electron chi connectivity index (χ3n) is 4.06. The van der Waals surface area contributed by atoms with E-state index in [2.05, 4.69) is 20.3 Å². The number of aromatic nitrogens is 4. The van der Waals surface area contributed by atoms with Gasteiger partial charge in [-0.05, 0) is 12.1 Å². The summed E-state index contributed by atoms with van der Waals surface area (Å²) in [6.45, 7) is 0.516. The van der Waals surface area contributed by atoms with Crippen LogP contribution in [0.15, 0.2) is 42.7 Å². The number of benzene rings is 1. The van der Waals surface area contributed by atoms with Crippen molar-refractivity contribution in [3.8, 4) is 23.1 Å². The summed E-state index contributed by atoms with van der Waals surface area (Å²) >= 11 is 0. The van der Waals surface area contributed by atoms with Crippen molar-refractivity contribution >= 4 is 5.91 Å². The fourth-order valence-corrected chi connectivity index (χ4v) is 2.54. The van der Waals surface area contributed by atoms with E-state index in [9.17, 15) is 4.79 Å². The van der Waals surface area contributed by atoms with Gasteiger partial charge in [-0.1, -0.05) is 12.1 Å². The number of ether oxygens (including phenoxy) is 2. The van der Waals surface area contributed by atoms with Crippen LogP contribution in [0.2, 0.25) is 0 Å². The first kappa shape index (κ1) is 18.4. The first-order valence-electron chi connectivity index (χ1n) is 8.42. The standard InChI is InChI=1S/C19H21N5O3/c1-24-11-10-20-15(24)8-9-21-19(25)14-6-4-13(5-7-14)18-22-16(26-2)12-17(23-18)27-3/h4-7,10-12H,8-9H2,1-3H3,(H,21,25). The number of carbonyl (C=O) groups is 1. The van der Waals surface area contributed by atoms with Crippen molar-refractivity contribution in [2.45, 2.75) is 6.42 Å². The fourth-order valence-electron chi connectivity index (χ4n) is 2.54. The Morgan fingerprint density at radius 1 is 1.11 bits per heavy atom. The molecule has 0 saturated carbocycles. The molecule has 1 aromatic carbocycles. The van der Waals surface area contributed by atoms with Crippen molar-refractivity contribution < 1.29 is 14.3 Å². The van der Waals surface area contributed by atoms with Gasteiger partial charge in [-0.2, -0.15) is 9.97 Å². The van der Waals surface area contributed by atoms with Crippen LogP contribution in [-0.4, -0.2) is 46.2 Å². The second kappa shape index (κ2) is 8.31. The maximum Gasteiger partial charge on any atom is 0.251 e. The topological polar surface area (TPSA) is 91.2 Å². The van der Waals surface area contributed by atoms with Crippen LogP contribution in [0, 0.1) is 0 Å². The predicted octanol–water partition coefficient (Wildman–Crippen LogP) is 1.87. The molecule has 1 N–H and O–H groups in total. The Balaban J connectivity index is 1.66. The number of carbonyl (C=O) groups excluding carboxylic acids is 1. The van der Waals surface area contributed by atoms with Crippen molar-refractivity contribution in [1.29, 1.82) is 0 Å². The van der Waals surface area contributed by atoms with Crippen LogP contribution in [0.5, 0.6) is 11.8 Å². The normalized spacial score (nSPS) is 10.5. The van der Waals surface area contributed by atoms with Crippen LogP contribution in [0.3, 0.4) is 0 Å². The van der Waals surface area contributed by atoms with Crippen molar-refractivity contribution in [3.05, 3.63) is 54.1 Å². The van der Waals surface area contributed by atoms with E-state index in [1.165, 1.54) is 14.2 Å². The van der Waals surface area contributed by atoms with Crippen LogP contribution >= 0.6 is 0 Å². The van der Waals surface area contributed by atoms with Gasteiger partial charge in [0.15, 0.2) is 5.82 Å². The van der Waals surface area contributed by atoms with Gasteiger partial charge in [-0.25, -0.2) is 4.98 Å². The highest BCUT2D eigenvalue weighted by atomic mass is 16.5. The molecule has 0 radical (unpaired) electrons.